The number of esters is 1. The molecule has 158 valence electrons. The van der Waals surface area contributed by atoms with Crippen molar-refractivity contribution >= 4 is 17.7 Å². The molecule has 31 heavy (non-hydrogen) atoms. The van der Waals surface area contributed by atoms with Gasteiger partial charge in [-0.15, -0.1) is 0 Å². The van der Waals surface area contributed by atoms with Gasteiger partial charge in [-0.3, -0.25) is 14.4 Å². The molecule has 0 atom stereocenters. The average molecular weight is 417 g/mol. The summed E-state index contributed by atoms with van der Waals surface area (Å²) in [6.07, 6.45) is 0.881. The lowest BCUT2D eigenvalue weighted by molar-refractivity contribution is -0.141. The lowest BCUT2D eigenvalue weighted by Gasteiger charge is -2.08. The number of hydrogen-bond acceptors (Lipinski definition) is 5. The van der Waals surface area contributed by atoms with E-state index in [-0.39, 0.29) is 18.9 Å². The number of Topliss-reactive ketones (excluding diaryl/α,β-unsaturated/α-hetero) is 1. The molecule has 0 aliphatic carbocycles. The lowest BCUT2D eigenvalue weighted by Crippen LogP contribution is -2.31. The molecule has 0 bridgehead atoms. The molecule has 1 N–H and O–H groups in total. The third-order valence-corrected chi connectivity index (χ3v) is 4.54. The first-order chi connectivity index (χ1) is 15.0. The second-order valence-electron chi connectivity index (χ2n) is 6.76. The Morgan fingerprint density at radius 2 is 1.39 bits per heavy atom. The van der Waals surface area contributed by atoms with Crippen LogP contribution >= 0.6 is 0 Å². The minimum atomic E-state index is -0.684. The molecule has 0 aliphatic rings. The Kier molecular flexibility index (Phi) is 7.54. The van der Waals surface area contributed by atoms with Gasteiger partial charge in [0.1, 0.15) is 18.0 Å². The van der Waals surface area contributed by atoms with Crippen LogP contribution in [0.2, 0.25) is 0 Å². The van der Waals surface area contributed by atoms with Crippen molar-refractivity contribution in [2.24, 2.45) is 0 Å². The molecule has 0 saturated carbocycles. The maximum Gasteiger partial charge on any atom is 0.325 e. The molecule has 6 heteroatoms. The van der Waals surface area contributed by atoms with E-state index in [0.29, 0.717) is 22.6 Å². The van der Waals surface area contributed by atoms with Crippen molar-refractivity contribution in [3.63, 3.8) is 0 Å². The maximum absolute atomic E-state index is 12.2. The number of carbonyl (C=O) groups excluding carboxylic acids is 3. The Balaban J connectivity index is 1.43. The largest absolute Gasteiger partial charge is 0.457 e. The molecule has 6 nitrogen and oxygen atoms in total. The fourth-order valence-corrected chi connectivity index (χ4v) is 2.76. The van der Waals surface area contributed by atoms with E-state index in [4.69, 9.17) is 9.47 Å². The highest BCUT2D eigenvalue weighted by molar-refractivity contribution is 5.98. The number of benzene rings is 3. The molecular formula is C25H23NO5. The third kappa shape index (κ3) is 6.54. The summed E-state index contributed by atoms with van der Waals surface area (Å²) in [5.41, 5.74) is 1.98. The molecule has 0 spiro atoms. The molecule has 0 radical (unpaired) electrons. The fraction of sp³-hybridized carbons (Fsp3) is 0.160. The molecule has 3 rings (SSSR count). The number of ether oxygens (including phenoxy) is 2. The summed E-state index contributed by atoms with van der Waals surface area (Å²) in [6.45, 7) is 1.33. The number of aryl methyl sites for hydroxylation is 1. The van der Waals surface area contributed by atoms with Gasteiger partial charge in [-0.1, -0.05) is 49.4 Å². The highest BCUT2D eigenvalue weighted by Gasteiger charge is 2.12. The molecular weight excluding hydrogens is 394 g/mol. The molecule has 3 aromatic rings. The highest BCUT2D eigenvalue weighted by atomic mass is 16.5. The van der Waals surface area contributed by atoms with Crippen LogP contribution in [0.1, 0.15) is 33.2 Å². The zero-order valence-electron chi connectivity index (χ0n) is 17.2. The average Bonchev–Trinajstić information content (AvgIpc) is 2.82. The summed E-state index contributed by atoms with van der Waals surface area (Å²) in [5, 5.41) is 2.48. The fourth-order valence-electron chi connectivity index (χ4n) is 2.76. The van der Waals surface area contributed by atoms with Crippen molar-refractivity contribution in [2.45, 2.75) is 13.3 Å². The highest BCUT2D eigenvalue weighted by Crippen LogP contribution is 2.21. The summed E-state index contributed by atoms with van der Waals surface area (Å²) >= 11 is 0. The van der Waals surface area contributed by atoms with Crippen molar-refractivity contribution in [1.82, 2.24) is 5.32 Å². The van der Waals surface area contributed by atoms with Crippen LogP contribution in [0.3, 0.4) is 0 Å². The molecule has 0 aromatic heterocycles. The summed E-state index contributed by atoms with van der Waals surface area (Å²) in [4.78, 5) is 36.2. The zero-order chi connectivity index (χ0) is 22.1. The number of carbonyl (C=O) groups is 3. The molecule has 0 saturated heterocycles. The van der Waals surface area contributed by atoms with Gasteiger partial charge in [0.25, 0.3) is 5.91 Å². The van der Waals surface area contributed by atoms with Gasteiger partial charge >= 0.3 is 5.97 Å². The summed E-state index contributed by atoms with van der Waals surface area (Å²) in [7, 11) is 0. The maximum atomic E-state index is 12.2. The summed E-state index contributed by atoms with van der Waals surface area (Å²) in [5.74, 6) is -0.122. The second kappa shape index (κ2) is 10.7. The van der Waals surface area contributed by atoms with E-state index in [2.05, 4.69) is 5.32 Å². The Morgan fingerprint density at radius 1 is 0.774 bits per heavy atom. The normalized spacial score (nSPS) is 10.2. The molecule has 1 amide bonds. The predicted octanol–water partition coefficient (Wildman–Crippen LogP) is 4.20. The standard InChI is InChI=1S/C25H23NO5/c1-2-18-8-10-19(11-9-18)23(27)17-30-24(28)16-26-25(29)20-12-14-22(15-13-20)31-21-6-4-3-5-7-21/h3-15H,2,16-17H2,1H3,(H,26,29). The van der Waals surface area contributed by atoms with Gasteiger partial charge < -0.3 is 14.8 Å². The van der Waals surface area contributed by atoms with Gasteiger partial charge in [-0.25, -0.2) is 0 Å². The summed E-state index contributed by atoms with van der Waals surface area (Å²) < 4.78 is 10.6. The van der Waals surface area contributed by atoms with Crippen LogP contribution in [0.15, 0.2) is 78.9 Å². The van der Waals surface area contributed by atoms with Gasteiger partial charge in [0.05, 0.1) is 0 Å². The summed E-state index contributed by atoms with van der Waals surface area (Å²) in [6, 6.07) is 23.0. The quantitative estimate of drug-likeness (QED) is 0.417. The van der Waals surface area contributed by atoms with Gasteiger partial charge in [0.15, 0.2) is 12.4 Å². The topological polar surface area (TPSA) is 81.7 Å². The van der Waals surface area contributed by atoms with Crippen LogP contribution in [0.4, 0.5) is 0 Å². The van der Waals surface area contributed by atoms with E-state index in [9.17, 15) is 14.4 Å². The Hall–Kier alpha value is -3.93. The molecule has 0 aliphatic heterocycles. The van der Waals surface area contributed by atoms with Gasteiger partial charge in [0.2, 0.25) is 0 Å². The van der Waals surface area contributed by atoms with E-state index < -0.39 is 11.9 Å². The van der Waals surface area contributed by atoms with Crippen LogP contribution in [0.5, 0.6) is 11.5 Å². The van der Waals surface area contributed by atoms with Crippen LogP contribution in [-0.2, 0) is 16.0 Å². The van der Waals surface area contributed by atoms with E-state index in [1.165, 1.54) is 0 Å². The lowest BCUT2D eigenvalue weighted by atomic mass is 10.1. The number of amides is 1. The Morgan fingerprint density at radius 3 is 2.03 bits per heavy atom. The number of nitrogens with one attached hydrogen (secondary N) is 1. The van der Waals surface area contributed by atoms with Crippen molar-refractivity contribution in [1.29, 1.82) is 0 Å². The number of hydrogen-bond donors (Lipinski definition) is 1. The first kappa shape index (κ1) is 21.8. The zero-order valence-corrected chi connectivity index (χ0v) is 17.2. The van der Waals surface area contributed by atoms with E-state index in [1.807, 2.05) is 49.4 Å². The van der Waals surface area contributed by atoms with E-state index in [1.54, 1.807) is 36.4 Å². The van der Waals surface area contributed by atoms with Crippen LogP contribution in [0, 0.1) is 0 Å². The SMILES string of the molecule is CCc1ccc(C(=O)COC(=O)CNC(=O)c2ccc(Oc3ccccc3)cc2)cc1. The predicted molar refractivity (Wildman–Crippen MR) is 116 cm³/mol. The third-order valence-electron chi connectivity index (χ3n) is 4.54. The van der Waals surface area contributed by atoms with Crippen LogP contribution in [-0.4, -0.2) is 30.8 Å². The number of rotatable bonds is 9. The van der Waals surface area contributed by atoms with Crippen molar-refractivity contribution in [3.05, 3.63) is 95.6 Å². The first-order valence-electron chi connectivity index (χ1n) is 9.94. The minimum Gasteiger partial charge on any atom is -0.457 e. The van der Waals surface area contributed by atoms with E-state index >= 15 is 0 Å². The van der Waals surface area contributed by atoms with Crippen molar-refractivity contribution < 1.29 is 23.9 Å². The Bertz CT molecular complexity index is 1030. The molecule has 0 heterocycles. The second-order valence-corrected chi connectivity index (χ2v) is 6.76. The smallest absolute Gasteiger partial charge is 0.325 e. The molecule has 0 unspecified atom stereocenters. The molecule has 0 fully saturated rings. The molecule has 3 aromatic carbocycles. The van der Waals surface area contributed by atoms with Crippen molar-refractivity contribution in [2.75, 3.05) is 13.2 Å². The minimum absolute atomic E-state index is 0.295. The monoisotopic (exact) mass is 417 g/mol. The van der Waals surface area contributed by atoms with Gasteiger partial charge in [-0.2, -0.15) is 0 Å². The number of ketones is 1. The van der Waals surface area contributed by atoms with Crippen LogP contribution in [0.25, 0.3) is 0 Å². The van der Waals surface area contributed by atoms with Gasteiger partial charge in [0, 0.05) is 11.1 Å². The van der Waals surface area contributed by atoms with Crippen molar-refractivity contribution in [3.8, 4) is 11.5 Å². The first-order valence-corrected chi connectivity index (χ1v) is 9.94. The Labute approximate surface area is 180 Å². The van der Waals surface area contributed by atoms with E-state index in [0.717, 1.165) is 12.0 Å². The number of para-hydroxylation sites is 1. The van der Waals surface area contributed by atoms with Crippen LogP contribution < -0.4 is 10.1 Å². The van der Waals surface area contributed by atoms with Gasteiger partial charge in [-0.05, 0) is 48.4 Å².